The standard InChI is InChI=1S/C29H64N4O6Si6.C28H62N4O6Si6/c1-25-26(32-28(34)30-21-17-23-44(14,36-40(2,3)4)37-41(5,6)7)19-16-20-27(25)33-29(35)31-22-18-24-45(15,38-42(8,9)10)39-43(11,12)13;1-24-17-18-25(31-27(33)29-20-16-22-44(14,37-41(7,8)9)38-42(10,11)12)23-26(24)32-28(34)30-19-15-21-43(13,35-39(2)3)36-40(4,5)6/h16,19-20H,17-18,21-24H2,1-15H3,(H2,30,32,34)(H2,31,33,35);17-18,23,39H,15-16,19-22H2,1-14H3,(H2,29,31,33)(H2,30,32,34). The number of aryl methyl sites for hydroxylation is 1. The average molecular weight is 1450 g/mol. The number of carbonyl (C=O) groups is 4. The lowest BCUT2D eigenvalue weighted by Crippen LogP contribution is -2.52. The van der Waals surface area contributed by atoms with Crippen molar-refractivity contribution in [2.45, 2.75) is 240 Å². The molecule has 2 aromatic carbocycles. The first-order chi connectivity index (χ1) is 40.1. The maximum Gasteiger partial charge on any atom is 0.319 e. The molecule has 2 rings (SSSR count). The number of carbonyl (C=O) groups excluding carboxylic acids is 4. The van der Waals surface area contributed by atoms with Crippen LogP contribution in [0.4, 0.5) is 41.9 Å². The molecule has 8 amide bonds. The minimum Gasteiger partial charge on any atom is -0.439 e. The van der Waals surface area contributed by atoms with Gasteiger partial charge in [0.05, 0.1) is 0 Å². The zero-order valence-electron chi connectivity index (χ0n) is 60.9. The molecular formula is C57H126N8O12Si12. The molecule has 0 radical (unpaired) electrons. The Morgan fingerprint density at radius 2 is 0.618 bits per heavy atom. The minimum atomic E-state index is -2.34. The van der Waals surface area contributed by atoms with Gasteiger partial charge in [-0.1, -0.05) is 12.1 Å². The van der Waals surface area contributed by atoms with Crippen molar-refractivity contribution in [3.63, 3.8) is 0 Å². The third kappa shape index (κ3) is 42.0. The molecule has 0 saturated carbocycles. The topological polar surface area (TPSA) is 238 Å². The summed E-state index contributed by atoms with van der Waals surface area (Å²) in [5.74, 6) is 0. The van der Waals surface area contributed by atoms with E-state index < -0.39 is 102 Å². The van der Waals surface area contributed by atoms with E-state index in [9.17, 15) is 19.2 Å². The molecule has 0 bridgehead atoms. The Hall–Kier alpha value is -2.20. The van der Waals surface area contributed by atoms with Crippen LogP contribution in [0.25, 0.3) is 0 Å². The van der Waals surface area contributed by atoms with E-state index in [1.165, 1.54) is 0 Å². The van der Waals surface area contributed by atoms with Crippen LogP contribution in [0.5, 0.6) is 0 Å². The lowest BCUT2D eigenvalue weighted by atomic mass is 10.1. The fourth-order valence-corrected chi connectivity index (χ4v) is 59.5. The van der Waals surface area contributed by atoms with Crippen molar-refractivity contribution in [3.8, 4) is 0 Å². The van der Waals surface area contributed by atoms with Crippen LogP contribution in [-0.4, -0.2) is 152 Å². The number of hydrogen-bond donors (Lipinski definition) is 8. The van der Waals surface area contributed by atoms with Crippen LogP contribution in [0.2, 0.25) is 201 Å². The van der Waals surface area contributed by atoms with Crippen LogP contribution >= 0.6 is 0 Å². The molecule has 0 saturated heterocycles. The molecule has 8 N–H and O–H groups in total. The highest BCUT2D eigenvalue weighted by atomic mass is 28.5. The molecule has 2 aromatic rings. The largest absolute Gasteiger partial charge is 0.439 e. The van der Waals surface area contributed by atoms with Crippen molar-refractivity contribution >= 4 is 148 Å². The summed E-state index contributed by atoms with van der Waals surface area (Å²) in [7, 11) is -22.8. The fourth-order valence-electron chi connectivity index (χ4n) is 10.4. The van der Waals surface area contributed by atoms with Crippen molar-refractivity contribution in [3.05, 3.63) is 47.5 Å². The van der Waals surface area contributed by atoms with Gasteiger partial charge in [0.15, 0.2) is 67.3 Å². The summed E-state index contributed by atoms with van der Waals surface area (Å²) >= 11 is 0. The summed E-state index contributed by atoms with van der Waals surface area (Å²) in [6.07, 6.45) is 3.13. The number of rotatable bonds is 36. The van der Waals surface area contributed by atoms with Gasteiger partial charge in [-0.15, -0.1) is 0 Å². The summed E-state index contributed by atoms with van der Waals surface area (Å²) < 4.78 is 52.2. The summed E-state index contributed by atoms with van der Waals surface area (Å²) in [6.45, 7) is 64.9. The van der Waals surface area contributed by atoms with E-state index in [0.29, 0.717) is 48.9 Å². The first-order valence-electron chi connectivity index (χ1n) is 32.1. The van der Waals surface area contributed by atoms with Crippen LogP contribution in [0.3, 0.4) is 0 Å². The van der Waals surface area contributed by atoms with Crippen LogP contribution in [0.1, 0.15) is 36.8 Å². The highest BCUT2D eigenvalue weighted by Crippen LogP contribution is 2.30. The third-order valence-corrected chi connectivity index (χ3v) is 50.3. The average Bonchev–Trinajstić information content (AvgIpc) is 3.34. The monoisotopic (exact) mass is 1450 g/mol. The number of nitrogens with one attached hydrogen (secondary N) is 8. The third-order valence-electron chi connectivity index (χ3n) is 12.1. The predicted octanol–water partition coefficient (Wildman–Crippen LogP) is 16.3. The van der Waals surface area contributed by atoms with Crippen LogP contribution in [0, 0.1) is 13.8 Å². The second-order valence-electron chi connectivity index (χ2n) is 31.1. The Morgan fingerprint density at radius 3 is 0.899 bits per heavy atom. The predicted molar refractivity (Wildman–Crippen MR) is 406 cm³/mol. The number of anilines is 4. The summed E-state index contributed by atoms with van der Waals surface area (Å²) in [5.41, 5.74) is 4.21. The summed E-state index contributed by atoms with van der Waals surface area (Å²) in [5, 5.41) is 23.5. The van der Waals surface area contributed by atoms with Gasteiger partial charge in [-0.25, -0.2) is 19.2 Å². The number of amides is 8. The molecule has 0 aliphatic rings. The van der Waals surface area contributed by atoms with Gasteiger partial charge in [0.25, 0.3) is 0 Å². The molecule has 0 fully saturated rings. The molecular weight excluding hydrogens is 1330 g/mol. The summed E-state index contributed by atoms with van der Waals surface area (Å²) in [4.78, 5) is 50.8. The fraction of sp³-hybridized carbons (Fsp3) is 0.719. The first-order valence-corrected chi connectivity index (χ1v) is 68.8. The number of urea groups is 4. The molecule has 89 heavy (non-hydrogen) atoms. The van der Waals surface area contributed by atoms with Crippen LogP contribution in [-0.2, 0) is 32.9 Å². The minimum absolute atomic E-state index is 0.281. The van der Waals surface area contributed by atoms with Crippen LogP contribution < -0.4 is 42.5 Å². The van der Waals surface area contributed by atoms with E-state index in [0.717, 1.165) is 61.0 Å². The van der Waals surface area contributed by atoms with Crippen molar-refractivity contribution in [1.29, 1.82) is 0 Å². The second kappa shape index (κ2) is 36.1. The first kappa shape index (κ1) is 84.8. The molecule has 1 unspecified atom stereocenters. The SMILES string of the molecule is Cc1c(NC(=O)NCCC[Si](C)(O[Si](C)(C)C)O[Si](C)(C)C)cccc1NC(=O)NCCC[Si](C)(O[Si](C)(C)C)O[Si](C)(C)C.Cc1ccc(NC(=O)NCCC[Si](C)(O[Si](C)(C)C)O[Si](C)(C)C)cc1NC(=O)NCCC[Si](C)(O[SiH](C)C)O[Si](C)(C)C. The van der Waals surface area contributed by atoms with Gasteiger partial charge in [0, 0.05) is 48.9 Å². The molecule has 0 heterocycles. The van der Waals surface area contributed by atoms with E-state index in [-0.39, 0.29) is 24.1 Å². The van der Waals surface area contributed by atoms with Gasteiger partial charge in [0.1, 0.15) is 0 Å². The van der Waals surface area contributed by atoms with E-state index in [4.69, 9.17) is 32.9 Å². The smallest absolute Gasteiger partial charge is 0.319 e. The highest BCUT2D eigenvalue weighted by molar-refractivity contribution is 6.89. The van der Waals surface area contributed by atoms with Gasteiger partial charge in [-0.05, 0) is 276 Å². The molecule has 0 aliphatic carbocycles. The number of hydrogen-bond acceptors (Lipinski definition) is 12. The van der Waals surface area contributed by atoms with Crippen molar-refractivity contribution in [2.24, 2.45) is 0 Å². The molecule has 0 aliphatic heterocycles. The lowest BCUT2D eigenvalue weighted by molar-refractivity contribution is 0.251. The Balaban J connectivity index is 0.000000890. The zero-order valence-corrected chi connectivity index (χ0v) is 73.1. The van der Waals surface area contributed by atoms with Crippen LogP contribution in [0.15, 0.2) is 36.4 Å². The van der Waals surface area contributed by atoms with Gasteiger partial charge in [-0.3, -0.25) is 0 Å². The molecule has 0 spiro atoms. The van der Waals surface area contributed by atoms with E-state index in [1.54, 1.807) is 6.07 Å². The van der Waals surface area contributed by atoms with Gasteiger partial charge >= 0.3 is 58.4 Å². The maximum atomic E-state index is 12.7. The van der Waals surface area contributed by atoms with E-state index in [2.05, 4.69) is 219 Å². The Kier molecular flexibility index (Phi) is 34.4. The maximum absolute atomic E-state index is 12.7. The van der Waals surface area contributed by atoms with Gasteiger partial charge in [-0.2, -0.15) is 0 Å². The van der Waals surface area contributed by atoms with Gasteiger partial charge in [0.2, 0.25) is 0 Å². The number of benzene rings is 2. The quantitative estimate of drug-likeness (QED) is 0.0235. The normalized spacial score (nSPS) is 13.8. The lowest BCUT2D eigenvalue weighted by Gasteiger charge is -2.38. The molecule has 514 valence electrons. The van der Waals surface area contributed by atoms with E-state index >= 15 is 0 Å². The van der Waals surface area contributed by atoms with Crippen molar-refractivity contribution < 1.29 is 52.1 Å². The van der Waals surface area contributed by atoms with Crippen molar-refractivity contribution in [1.82, 2.24) is 21.3 Å². The summed E-state index contributed by atoms with van der Waals surface area (Å²) in [6, 6.07) is 13.1. The highest BCUT2D eigenvalue weighted by Gasteiger charge is 2.43. The Bertz CT molecular complexity index is 2410. The van der Waals surface area contributed by atoms with Gasteiger partial charge < -0.3 is 75.5 Å². The Morgan fingerprint density at radius 1 is 0.360 bits per heavy atom. The molecule has 20 nitrogen and oxygen atoms in total. The zero-order chi connectivity index (χ0) is 68.9. The molecule has 0 aromatic heterocycles. The van der Waals surface area contributed by atoms with Crippen molar-refractivity contribution in [2.75, 3.05) is 47.4 Å². The molecule has 1 atom stereocenters. The Labute approximate surface area is 553 Å². The molecule has 32 heteroatoms. The van der Waals surface area contributed by atoms with E-state index in [1.807, 2.05) is 44.2 Å². The second-order valence-corrected chi connectivity index (χ2v) is 80.5.